The first kappa shape index (κ1) is 52.3. The van der Waals surface area contributed by atoms with E-state index < -0.39 is 0 Å². The lowest BCUT2D eigenvalue weighted by molar-refractivity contribution is 0.0852. The molecule has 80 heavy (non-hydrogen) atoms. The molecule has 0 bridgehead atoms. The van der Waals surface area contributed by atoms with Gasteiger partial charge in [-0.2, -0.15) is 0 Å². The summed E-state index contributed by atoms with van der Waals surface area (Å²) in [5.74, 6) is 4.06. The number of anilines is 3. The zero-order valence-corrected chi connectivity index (χ0v) is 44.7. The van der Waals surface area contributed by atoms with Gasteiger partial charge in [0.15, 0.2) is 16.9 Å². The second kappa shape index (κ2) is 23.5. The molecule has 12 heterocycles. The fraction of sp³-hybridized carbons (Fsp3) is 0.382. The van der Waals surface area contributed by atoms with Crippen LogP contribution in [0, 0.1) is 0 Å². The molecule has 6 N–H and O–H groups in total. The smallest absolute Gasteiger partial charge is 0.253 e. The topological polar surface area (TPSA) is 303 Å². The Morgan fingerprint density at radius 1 is 0.500 bits per heavy atom. The van der Waals surface area contributed by atoms with Crippen molar-refractivity contribution in [3.63, 3.8) is 0 Å². The van der Waals surface area contributed by atoms with E-state index in [0.29, 0.717) is 116 Å². The van der Waals surface area contributed by atoms with Gasteiger partial charge < -0.3 is 45.6 Å². The monoisotopic (exact) mass is 1100 g/mol. The van der Waals surface area contributed by atoms with E-state index in [0.717, 1.165) is 108 Å². The van der Waals surface area contributed by atoms with Crippen LogP contribution >= 0.6 is 11.6 Å². The molecule has 0 atom stereocenters. The van der Waals surface area contributed by atoms with Crippen LogP contribution in [0.1, 0.15) is 106 Å². The lowest BCUT2D eigenvalue weighted by Crippen LogP contribution is -2.14. The Morgan fingerprint density at radius 2 is 0.963 bits per heavy atom. The number of aromatic nitrogens is 15. The average molecular weight is 1100 g/mol. The maximum atomic E-state index is 6.07. The molecule has 4 fully saturated rings. The number of nitrogens with zero attached hydrogens (tertiary/aromatic N) is 15. The van der Waals surface area contributed by atoms with Gasteiger partial charge in [-0.25, -0.2) is 58.9 Å². The zero-order chi connectivity index (χ0) is 54.5. The molecule has 6 aliphatic rings. The molecule has 0 radical (unpaired) electrons. The van der Waals surface area contributed by atoms with Crippen molar-refractivity contribution in [1.29, 1.82) is 0 Å². The van der Waals surface area contributed by atoms with Crippen molar-refractivity contribution in [3.05, 3.63) is 108 Å². The average Bonchev–Trinajstić information content (AvgIpc) is 4.43. The number of halogens is 1. The van der Waals surface area contributed by atoms with E-state index in [9.17, 15) is 0 Å². The molecule has 1 saturated heterocycles. The van der Waals surface area contributed by atoms with Crippen LogP contribution in [0.5, 0.6) is 35.3 Å². The SMILES string of the molecule is CC1=CCOCC1.Nc1ncnc2c1c(Oc1cc(C3=CCOCC3)ccn1)nn2C1CC1.Nc1ncnc2c1c(Oc1cc(C3CCOCC3)ccn1)nn2C1CC1.Nc1ncnc2c1c(Oc1cc(Cl)ccn1)nn2C1CC1. The van der Waals surface area contributed by atoms with Gasteiger partial charge in [0.1, 0.15) is 52.6 Å². The summed E-state index contributed by atoms with van der Waals surface area (Å²) in [5, 5.41) is 16.1. The molecule has 25 heteroatoms. The van der Waals surface area contributed by atoms with Gasteiger partial charge in [0, 0.05) is 55.0 Å². The summed E-state index contributed by atoms with van der Waals surface area (Å²) in [7, 11) is 0. The van der Waals surface area contributed by atoms with E-state index in [2.05, 4.69) is 79.2 Å². The molecule has 15 rings (SSSR count). The first-order valence-electron chi connectivity index (χ1n) is 26.8. The zero-order valence-electron chi connectivity index (χ0n) is 44.0. The van der Waals surface area contributed by atoms with Crippen molar-refractivity contribution in [2.45, 2.75) is 95.2 Å². The number of ether oxygens (including phenoxy) is 6. The minimum atomic E-state index is 0.337. The molecular weight excluding hydrogens is 1040 g/mol. The quantitative estimate of drug-likeness (QED) is 0.102. The number of fused-ring (bicyclic) bond motifs is 3. The van der Waals surface area contributed by atoms with Gasteiger partial charge >= 0.3 is 0 Å². The van der Waals surface area contributed by atoms with E-state index in [-0.39, 0.29) is 0 Å². The number of pyridine rings is 3. The molecule has 9 aromatic rings. The van der Waals surface area contributed by atoms with Crippen LogP contribution < -0.4 is 31.4 Å². The van der Waals surface area contributed by atoms with Gasteiger partial charge in [-0.1, -0.05) is 29.3 Å². The molecule has 3 aliphatic carbocycles. The lowest BCUT2D eigenvalue weighted by atomic mass is 9.92. The Balaban J connectivity index is 0.000000113. The van der Waals surface area contributed by atoms with E-state index in [1.165, 1.54) is 35.7 Å². The van der Waals surface area contributed by atoms with Crippen LogP contribution in [0.4, 0.5) is 17.5 Å². The third-order valence-corrected chi connectivity index (χ3v) is 14.4. The Bertz CT molecular complexity index is 3740. The van der Waals surface area contributed by atoms with E-state index in [1.54, 1.807) is 30.7 Å². The second-order valence-corrected chi connectivity index (χ2v) is 20.5. The molecule has 412 valence electrons. The third-order valence-electron chi connectivity index (χ3n) is 14.1. The minimum absolute atomic E-state index is 0.337. The van der Waals surface area contributed by atoms with E-state index in [4.69, 9.17) is 57.2 Å². The second-order valence-electron chi connectivity index (χ2n) is 20.1. The first-order chi connectivity index (χ1) is 39.2. The Labute approximate surface area is 463 Å². The molecule has 0 aromatic carbocycles. The van der Waals surface area contributed by atoms with Gasteiger partial charge in [-0.3, -0.25) is 0 Å². The Hall–Kier alpha value is -8.45. The van der Waals surface area contributed by atoms with Gasteiger partial charge in [-0.05, 0) is 112 Å². The highest BCUT2D eigenvalue weighted by Crippen LogP contribution is 2.43. The van der Waals surface area contributed by atoms with Crippen molar-refractivity contribution in [2.24, 2.45) is 0 Å². The van der Waals surface area contributed by atoms with Crippen LogP contribution in [0.2, 0.25) is 5.02 Å². The van der Waals surface area contributed by atoms with E-state index >= 15 is 0 Å². The van der Waals surface area contributed by atoms with Gasteiger partial charge in [0.2, 0.25) is 17.6 Å². The molecule has 3 aliphatic heterocycles. The summed E-state index contributed by atoms with van der Waals surface area (Å²) in [5.41, 5.74) is 25.2. The maximum absolute atomic E-state index is 6.07. The number of rotatable bonds is 11. The number of nitrogen functional groups attached to an aromatic ring is 3. The summed E-state index contributed by atoms with van der Waals surface area (Å²) in [6.07, 6.45) is 24.2. The van der Waals surface area contributed by atoms with Gasteiger partial charge in [0.05, 0.1) is 44.6 Å². The molecule has 24 nitrogen and oxygen atoms in total. The van der Waals surface area contributed by atoms with Gasteiger partial charge in [0.25, 0.3) is 17.6 Å². The summed E-state index contributed by atoms with van der Waals surface area (Å²) in [4.78, 5) is 37.9. The number of hydrogen-bond acceptors (Lipinski definition) is 21. The van der Waals surface area contributed by atoms with Gasteiger partial charge in [-0.15, -0.1) is 15.3 Å². The van der Waals surface area contributed by atoms with Crippen molar-refractivity contribution < 1.29 is 28.4 Å². The Morgan fingerprint density at radius 3 is 1.40 bits per heavy atom. The third kappa shape index (κ3) is 12.1. The highest BCUT2D eigenvalue weighted by Gasteiger charge is 2.32. The van der Waals surface area contributed by atoms with Crippen LogP contribution in [0.3, 0.4) is 0 Å². The van der Waals surface area contributed by atoms with Crippen molar-refractivity contribution >= 4 is 67.7 Å². The maximum Gasteiger partial charge on any atom is 0.253 e. The summed E-state index contributed by atoms with van der Waals surface area (Å²) < 4.78 is 39.3. The summed E-state index contributed by atoms with van der Waals surface area (Å²) >= 11 is 5.93. The predicted octanol–water partition coefficient (Wildman–Crippen LogP) is 9.50. The van der Waals surface area contributed by atoms with Crippen molar-refractivity contribution in [1.82, 2.24) is 74.2 Å². The minimum Gasteiger partial charge on any atom is -0.418 e. The molecule has 9 aromatic heterocycles. The molecule has 3 saturated carbocycles. The van der Waals surface area contributed by atoms with Crippen LogP contribution in [0.15, 0.2) is 91.7 Å². The number of hydrogen-bond donors (Lipinski definition) is 3. The highest BCUT2D eigenvalue weighted by atomic mass is 35.5. The van der Waals surface area contributed by atoms with Crippen molar-refractivity contribution in [2.75, 3.05) is 56.8 Å². The van der Waals surface area contributed by atoms with Crippen LogP contribution in [-0.4, -0.2) is 114 Å². The highest BCUT2D eigenvalue weighted by molar-refractivity contribution is 6.30. The predicted molar refractivity (Wildman–Crippen MR) is 297 cm³/mol. The first-order valence-corrected chi connectivity index (χ1v) is 27.2. The fourth-order valence-electron chi connectivity index (χ4n) is 9.40. The summed E-state index contributed by atoms with van der Waals surface area (Å²) in [6, 6.07) is 12.3. The summed E-state index contributed by atoms with van der Waals surface area (Å²) in [6.45, 7) is 6.85. The molecular formula is C55H59ClN18O6. The fourth-order valence-corrected chi connectivity index (χ4v) is 9.55. The molecule has 0 spiro atoms. The Kier molecular flexibility index (Phi) is 15.3. The van der Waals surface area contributed by atoms with Crippen molar-refractivity contribution in [3.8, 4) is 35.3 Å². The van der Waals surface area contributed by atoms with Crippen LogP contribution in [-0.2, 0) is 14.2 Å². The number of nitrogens with two attached hydrogens (primary N) is 3. The normalized spacial score (nSPS) is 17.3. The standard InChI is InChI=1S/C18H20N6O2.C18H18N6O2.C13H11ClN6O.C6H10O/c2*19-16-15-17(22-10-21-16)24(13-1-2-13)23-18(15)26-14-9-12(3-6-20-14)11-4-7-25-8-5-11;14-7-3-4-16-9(5-7)21-13-10-11(15)17-6-18-12(10)20(19-13)8-1-2-8;1-6-2-4-7-5-3-6/h3,6,9-11,13H,1-2,4-5,7-8H2,(H2,19,21,22);3-4,6,9-10,13H,1-2,5,7-8H2,(H2,19,21,22);3-6,8H,1-2H2,(H2,15,17,18);2H,3-5H2,1H3. The molecule has 0 unspecified atom stereocenters. The largest absolute Gasteiger partial charge is 0.418 e. The lowest BCUT2D eigenvalue weighted by Gasteiger charge is -2.22. The van der Waals surface area contributed by atoms with E-state index in [1.807, 2.05) is 38.3 Å². The van der Waals surface area contributed by atoms with Crippen LogP contribution in [0.25, 0.3) is 38.7 Å². The molecule has 0 amide bonds.